The van der Waals surface area contributed by atoms with Gasteiger partial charge in [0.05, 0.1) is 5.69 Å². The second-order valence-corrected chi connectivity index (χ2v) is 7.91. The molecule has 114 valence electrons. The summed E-state index contributed by atoms with van der Waals surface area (Å²) in [6.45, 7) is 0. The van der Waals surface area contributed by atoms with E-state index in [1.165, 1.54) is 11.4 Å². The second kappa shape index (κ2) is 5.75. The Morgan fingerprint density at radius 3 is 2.68 bits per heavy atom. The molecule has 3 rings (SSSR count). The van der Waals surface area contributed by atoms with E-state index in [-0.39, 0.29) is 20.6 Å². The number of halogens is 2. The van der Waals surface area contributed by atoms with Gasteiger partial charge in [-0.1, -0.05) is 6.07 Å². The number of rotatable bonds is 4. The number of hydrogen-bond acceptors (Lipinski definition) is 5. The molecule has 0 bridgehead atoms. The van der Waals surface area contributed by atoms with Crippen molar-refractivity contribution in [2.24, 2.45) is 0 Å². The lowest BCUT2D eigenvalue weighted by Gasteiger charge is -2.02. The smallest absolute Gasteiger partial charge is 0.254 e. The zero-order chi connectivity index (χ0) is 15.7. The Balaban J connectivity index is 1.90. The first-order valence-electron chi connectivity index (χ1n) is 5.93. The van der Waals surface area contributed by atoms with Crippen molar-refractivity contribution in [3.63, 3.8) is 0 Å². The normalized spacial score (nSPS) is 11.5. The zero-order valence-corrected chi connectivity index (χ0v) is 13.2. The molecule has 1 aromatic carbocycles. The van der Waals surface area contributed by atoms with Gasteiger partial charge in [-0.3, -0.25) is 4.72 Å². The predicted molar refractivity (Wildman–Crippen MR) is 82.6 cm³/mol. The molecule has 0 amide bonds. The lowest BCUT2D eigenvalue weighted by molar-refractivity contribution is 0.602. The van der Waals surface area contributed by atoms with E-state index < -0.39 is 21.7 Å². The molecule has 0 atom stereocenters. The topological polar surface area (TPSA) is 59.1 Å². The third-order valence-corrected chi connectivity index (χ3v) is 6.31. The number of anilines is 1. The lowest BCUT2D eigenvalue weighted by atomic mass is 10.1. The van der Waals surface area contributed by atoms with Crippen LogP contribution in [0.25, 0.3) is 11.3 Å². The van der Waals surface area contributed by atoms with E-state index in [1.807, 2.05) is 0 Å². The van der Waals surface area contributed by atoms with E-state index in [9.17, 15) is 17.2 Å². The van der Waals surface area contributed by atoms with Crippen molar-refractivity contribution >= 4 is 37.8 Å². The maximum Gasteiger partial charge on any atom is 0.273 e. The molecule has 3 aromatic rings. The van der Waals surface area contributed by atoms with E-state index in [0.717, 1.165) is 40.9 Å². The van der Waals surface area contributed by atoms with Gasteiger partial charge < -0.3 is 0 Å². The van der Waals surface area contributed by atoms with Crippen LogP contribution in [0.1, 0.15) is 0 Å². The SMILES string of the molecule is O=S(=O)(Nc1nc(-c2cc(F)ccc2F)cs1)c1cccs1. The minimum absolute atomic E-state index is 0.0159. The van der Waals surface area contributed by atoms with Crippen molar-refractivity contribution in [3.8, 4) is 11.3 Å². The van der Waals surface area contributed by atoms with Crippen LogP contribution in [0.5, 0.6) is 0 Å². The Morgan fingerprint density at radius 1 is 1.14 bits per heavy atom. The monoisotopic (exact) mass is 358 g/mol. The molecule has 0 spiro atoms. The highest BCUT2D eigenvalue weighted by atomic mass is 32.2. The van der Waals surface area contributed by atoms with E-state index in [0.29, 0.717) is 0 Å². The van der Waals surface area contributed by atoms with E-state index in [1.54, 1.807) is 11.4 Å². The van der Waals surface area contributed by atoms with Crippen LogP contribution in [0.3, 0.4) is 0 Å². The molecule has 2 aromatic heterocycles. The summed E-state index contributed by atoms with van der Waals surface area (Å²) in [5.41, 5.74) is 0.156. The Kier molecular flexibility index (Phi) is 3.94. The van der Waals surface area contributed by atoms with Crippen molar-refractivity contribution in [2.45, 2.75) is 4.21 Å². The molecule has 0 radical (unpaired) electrons. The average molecular weight is 358 g/mol. The fourth-order valence-corrected chi connectivity index (χ4v) is 4.68. The third kappa shape index (κ3) is 3.01. The summed E-state index contributed by atoms with van der Waals surface area (Å²) in [5.74, 6) is -1.22. The Hall–Kier alpha value is -1.84. The van der Waals surface area contributed by atoms with Crippen molar-refractivity contribution in [2.75, 3.05) is 4.72 Å². The Labute approximate surface area is 133 Å². The minimum atomic E-state index is -3.71. The molecule has 9 heteroatoms. The number of benzene rings is 1. The van der Waals surface area contributed by atoms with Crippen molar-refractivity contribution in [1.29, 1.82) is 0 Å². The molecular formula is C13H8F2N2O2S3. The fourth-order valence-electron chi connectivity index (χ4n) is 1.72. The van der Waals surface area contributed by atoms with Gasteiger partial charge in [0.15, 0.2) is 5.13 Å². The highest BCUT2D eigenvalue weighted by Crippen LogP contribution is 2.29. The van der Waals surface area contributed by atoms with Gasteiger partial charge in [-0.2, -0.15) is 0 Å². The van der Waals surface area contributed by atoms with Gasteiger partial charge in [-0.25, -0.2) is 22.2 Å². The molecule has 0 aliphatic rings. The lowest BCUT2D eigenvalue weighted by Crippen LogP contribution is -2.11. The van der Waals surface area contributed by atoms with Gasteiger partial charge in [0.2, 0.25) is 0 Å². The maximum absolute atomic E-state index is 13.7. The van der Waals surface area contributed by atoms with E-state index in [2.05, 4.69) is 9.71 Å². The summed E-state index contributed by atoms with van der Waals surface area (Å²) in [6.07, 6.45) is 0. The molecule has 4 nitrogen and oxygen atoms in total. The van der Waals surface area contributed by atoms with E-state index >= 15 is 0 Å². The molecule has 0 aliphatic heterocycles. The van der Waals surface area contributed by atoms with Crippen LogP contribution in [-0.4, -0.2) is 13.4 Å². The number of nitrogens with zero attached hydrogens (tertiary/aromatic N) is 1. The van der Waals surface area contributed by atoms with Gasteiger partial charge in [0.1, 0.15) is 15.8 Å². The van der Waals surface area contributed by atoms with Crippen LogP contribution < -0.4 is 4.72 Å². The Morgan fingerprint density at radius 2 is 1.95 bits per heavy atom. The molecule has 2 heterocycles. The molecule has 0 unspecified atom stereocenters. The van der Waals surface area contributed by atoms with Gasteiger partial charge in [0.25, 0.3) is 10.0 Å². The largest absolute Gasteiger partial charge is 0.273 e. The Bertz CT molecular complexity index is 905. The van der Waals surface area contributed by atoms with Crippen molar-refractivity contribution in [1.82, 2.24) is 4.98 Å². The van der Waals surface area contributed by atoms with Crippen LogP contribution in [0.15, 0.2) is 45.3 Å². The van der Waals surface area contributed by atoms with Gasteiger partial charge in [0, 0.05) is 10.9 Å². The third-order valence-electron chi connectivity index (χ3n) is 2.69. The van der Waals surface area contributed by atoms with Crippen molar-refractivity contribution in [3.05, 3.63) is 52.7 Å². The number of aromatic nitrogens is 1. The van der Waals surface area contributed by atoms with Crippen LogP contribution in [-0.2, 0) is 10.0 Å². The standard InChI is InChI=1S/C13H8F2N2O2S3/c14-8-3-4-10(15)9(6-8)11-7-21-13(16-11)17-22(18,19)12-2-1-5-20-12/h1-7H,(H,16,17). The van der Waals surface area contributed by atoms with Crippen LogP contribution in [0.4, 0.5) is 13.9 Å². The average Bonchev–Trinajstić information content (AvgIpc) is 3.12. The molecule has 0 aliphatic carbocycles. The highest BCUT2D eigenvalue weighted by Gasteiger charge is 2.18. The van der Waals surface area contributed by atoms with Crippen molar-refractivity contribution < 1.29 is 17.2 Å². The zero-order valence-electron chi connectivity index (χ0n) is 10.8. The van der Waals surface area contributed by atoms with Crippen LogP contribution >= 0.6 is 22.7 Å². The number of thiophene rings is 1. The molecule has 0 fully saturated rings. The van der Waals surface area contributed by atoms with Gasteiger partial charge in [-0.05, 0) is 29.6 Å². The summed E-state index contributed by atoms with van der Waals surface area (Å²) in [5, 5.41) is 3.20. The second-order valence-electron chi connectivity index (χ2n) is 4.20. The fraction of sp³-hybridized carbons (Fsp3) is 0. The highest BCUT2D eigenvalue weighted by molar-refractivity contribution is 7.94. The predicted octanol–water partition coefficient (Wildman–Crippen LogP) is 3.95. The number of hydrogen-bond donors (Lipinski definition) is 1. The summed E-state index contributed by atoms with van der Waals surface area (Å²) in [6, 6.07) is 6.11. The number of nitrogens with one attached hydrogen (secondary N) is 1. The molecule has 1 N–H and O–H groups in total. The number of sulfonamides is 1. The summed E-state index contributed by atoms with van der Waals surface area (Å²) >= 11 is 2.07. The molecular weight excluding hydrogens is 350 g/mol. The maximum atomic E-state index is 13.7. The first-order chi connectivity index (χ1) is 10.5. The molecule has 22 heavy (non-hydrogen) atoms. The first-order valence-corrected chi connectivity index (χ1v) is 9.17. The minimum Gasteiger partial charge on any atom is -0.254 e. The molecule has 0 saturated heterocycles. The quantitative estimate of drug-likeness (QED) is 0.768. The first kappa shape index (κ1) is 15.1. The van der Waals surface area contributed by atoms with Gasteiger partial charge in [-0.15, -0.1) is 22.7 Å². The van der Waals surface area contributed by atoms with Gasteiger partial charge >= 0.3 is 0 Å². The van der Waals surface area contributed by atoms with E-state index in [4.69, 9.17) is 0 Å². The summed E-state index contributed by atoms with van der Waals surface area (Å²) in [4.78, 5) is 4.00. The van der Waals surface area contributed by atoms with Crippen LogP contribution in [0.2, 0.25) is 0 Å². The molecule has 0 saturated carbocycles. The summed E-state index contributed by atoms with van der Waals surface area (Å²) in [7, 11) is -3.71. The summed E-state index contributed by atoms with van der Waals surface area (Å²) < 4.78 is 53.5. The number of thiazole rings is 1. The van der Waals surface area contributed by atoms with Crippen LogP contribution in [0, 0.1) is 11.6 Å².